The van der Waals surface area contributed by atoms with Gasteiger partial charge in [-0.1, -0.05) is 12.5 Å². The number of likely N-dealkylation sites (tertiary alicyclic amines) is 1. The van der Waals surface area contributed by atoms with Crippen molar-refractivity contribution in [2.45, 2.75) is 56.7 Å². The number of rotatable bonds is 5. The summed E-state index contributed by atoms with van der Waals surface area (Å²) < 4.78 is 6.06. The lowest BCUT2D eigenvalue weighted by Crippen LogP contribution is -2.72. The van der Waals surface area contributed by atoms with Crippen molar-refractivity contribution in [3.63, 3.8) is 0 Å². The molecule has 4 fully saturated rings. The normalized spacial score (nSPS) is 33.4. The molecule has 0 amide bonds. The van der Waals surface area contributed by atoms with E-state index in [0.29, 0.717) is 29.5 Å². The fraction of sp³-hybridized carbons (Fsp3) is 0.762. The van der Waals surface area contributed by atoms with Gasteiger partial charge in [0.25, 0.3) is 0 Å². The minimum atomic E-state index is 0.390. The Bertz CT molecular complexity index is 666. The molecule has 1 spiro atoms. The predicted octanol–water partition coefficient (Wildman–Crippen LogP) is 3.01. The summed E-state index contributed by atoms with van der Waals surface area (Å²) in [6, 6.07) is 5.44. The first-order valence-electron chi connectivity index (χ1n) is 10.7. The molecular weight excluding hydrogens is 356 g/mol. The Morgan fingerprint density at radius 2 is 2.22 bits per heavy atom. The Morgan fingerprint density at radius 3 is 2.89 bits per heavy atom. The maximum absolute atomic E-state index is 6.06. The van der Waals surface area contributed by atoms with Crippen molar-refractivity contribution in [1.82, 2.24) is 15.5 Å². The van der Waals surface area contributed by atoms with Crippen LogP contribution in [0.3, 0.4) is 0 Å². The van der Waals surface area contributed by atoms with E-state index in [1.807, 2.05) is 18.4 Å². The van der Waals surface area contributed by atoms with Gasteiger partial charge in [-0.3, -0.25) is 9.89 Å². The van der Waals surface area contributed by atoms with E-state index >= 15 is 0 Å². The van der Waals surface area contributed by atoms with E-state index in [1.165, 1.54) is 56.5 Å². The van der Waals surface area contributed by atoms with E-state index in [4.69, 9.17) is 4.74 Å². The van der Waals surface area contributed by atoms with Crippen molar-refractivity contribution in [2.75, 3.05) is 33.3 Å². The molecule has 0 radical (unpaired) electrons. The third kappa shape index (κ3) is 3.00. The SMILES string of the molecule is CN=C(NCC(c1cccs1)N1CCCC1)NC1C2CCOC2C12CCC2. The molecule has 0 bridgehead atoms. The second-order valence-electron chi connectivity index (χ2n) is 8.68. The summed E-state index contributed by atoms with van der Waals surface area (Å²) in [5, 5.41) is 9.66. The monoisotopic (exact) mass is 388 g/mol. The van der Waals surface area contributed by atoms with Gasteiger partial charge in [-0.05, 0) is 56.6 Å². The quantitative estimate of drug-likeness (QED) is 0.601. The molecule has 27 heavy (non-hydrogen) atoms. The first kappa shape index (κ1) is 18.0. The number of fused-ring (bicyclic) bond motifs is 2. The number of thiophene rings is 1. The van der Waals surface area contributed by atoms with E-state index in [2.05, 4.69) is 38.0 Å². The Labute approximate surface area is 166 Å². The average molecular weight is 389 g/mol. The predicted molar refractivity (Wildman–Crippen MR) is 110 cm³/mol. The van der Waals surface area contributed by atoms with Crippen LogP contribution in [0.5, 0.6) is 0 Å². The van der Waals surface area contributed by atoms with Gasteiger partial charge in [-0.15, -0.1) is 11.3 Å². The highest BCUT2D eigenvalue weighted by Crippen LogP contribution is 2.62. The number of aliphatic imine (C=N–C) groups is 1. The summed E-state index contributed by atoms with van der Waals surface area (Å²) in [4.78, 5) is 8.66. The summed E-state index contributed by atoms with van der Waals surface area (Å²) in [6.07, 6.45) is 8.33. The standard InChI is InChI=1S/C21H32N4OS/c1-22-20(24-18-15-7-12-26-19(15)21(18)8-5-9-21)23-14-16(17-6-4-13-27-17)25-10-2-3-11-25/h4,6,13,15-16,18-19H,2-3,5,7-12,14H2,1H3,(H2,22,23,24). The molecule has 5 rings (SSSR count). The molecule has 2 N–H and O–H groups in total. The minimum Gasteiger partial charge on any atom is -0.377 e. The highest BCUT2D eigenvalue weighted by molar-refractivity contribution is 7.10. The zero-order chi connectivity index (χ0) is 18.3. The fourth-order valence-electron chi connectivity index (χ4n) is 5.93. The molecule has 2 saturated heterocycles. The van der Waals surface area contributed by atoms with Gasteiger partial charge in [-0.25, -0.2) is 0 Å². The lowest BCUT2D eigenvalue weighted by atomic mass is 9.46. The molecule has 1 aromatic heterocycles. The van der Waals surface area contributed by atoms with Crippen LogP contribution >= 0.6 is 11.3 Å². The summed E-state index contributed by atoms with van der Waals surface area (Å²) >= 11 is 1.87. The summed E-state index contributed by atoms with van der Waals surface area (Å²) in [5.41, 5.74) is 0.390. The number of guanidine groups is 1. The summed E-state index contributed by atoms with van der Waals surface area (Å²) in [5.74, 6) is 1.65. The molecule has 2 saturated carbocycles. The third-order valence-corrected chi connectivity index (χ3v) is 8.44. The Balaban J connectivity index is 1.24. The highest BCUT2D eigenvalue weighted by atomic mass is 32.1. The molecule has 0 aromatic carbocycles. The van der Waals surface area contributed by atoms with Gasteiger partial charge in [0, 0.05) is 42.5 Å². The topological polar surface area (TPSA) is 48.9 Å². The first-order chi connectivity index (χ1) is 13.3. The van der Waals surface area contributed by atoms with Crippen molar-refractivity contribution in [3.05, 3.63) is 22.4 Å². The molecule has 4 aliphatic rings. The van der Waals surface area contributed by atoms with Gasteiger partial charge in [0.2, 0.25) is 0 Å². The highest BCUT2D eigenvalue weighted by Gasteiger charge is 2.66. The van der Waals surface area contributed by atoms with Crippen molar-refractivity contribution in [2.24, 2.45) is 16.3 Å². The van der Waals surface area contributed by atoms with Crippen LogP contribution in [0.4, 0.5) is 0 Å². The van der Waals surface area contributed by atoms with Gasteiger partial charge < -0.3 is 15.4 Å². The second kappa shape index (κ2) is 7.37. The van der Waals surface area contributed by atoms with Crippen LogP contribution in [0, 0.1) is 11.3 Å². The Kier molecular flexibility index (Phi) is 4.90. The van der Waals surface area contributed by atoms with Crippen LogP contribution in [-0.2, 0) is 4.74 Å². The maximum atomic E-state index is 6.06. The number of hydrogen-bond acceptors (Lipinski definition) is 4. The summed E-state index contributed by atoms with van der Waals surface area (Å²) in [6.45, 7) is 4.29. The van der Waals surface area contributed by atoms with Crippen molar-refractivity contribution >= 4 is 17.3 Å². The Morgan fingerprint density at radius 1 is 1.37 bits per heavy atom. The third-order valence-electron chi connectivity index (χ3n) is 7.47. The van der Waals surface area contributed by atoms with Crippen molar-refractivity contribution in [3.8, 4) is 0 Å². The van der Waals surface area contributed by atoms with E-state index in [1.54, 1.807) is 0 Å². The van der Waals surface area contributed by atoms with Gasteiger partial charge >= 0.3 is 0 Å². The molecule has 2 aliphatic heterocycles. The van der Waals surface area contributed by atoms with E-state index < -0.39 is 0 Å². The zero-order valence-corrected chi connectivity index (χ0v) is 17.1. The number of nitrogens with zero attached hydrogens (tertiary/aromatic N) is 2. The first-order valence-corrected chi connectivity index (χ1v) is 11.6. The van der Waals surface area contributed by atoms with Crippen LogP contribution in [-0.4, -0.2) is 56.3 Å². The van der Waals surface area contributed by atoms with Crippen molar-refractivity contribution in [1.29, 1.82) is 0 Å². The molecule has 5 nitrogen and oxygen atoms in total. The fourth-order valence-corrected chi connectivity index (χ4v) is 6.80. The van der Waals surface area contributed by atoms with Crippen LogP contribution in [0.2, 0.25) is 0 Å². The van der Waals surface area contributed by atoms with Crippen LogP contribution in [0.1, 0.15) is 49.4 Å². The number of ether oxygens (including phenoxy) is 1. The molecule has 1 aromatic rings. The van der Waals surface area contributed by atoms with Crippen molar-refractivity contribution < 1.29 is 4.74 Å². The molecule has 4 atom stereocenters. The van der Waals surface area contributed by atoms with E-state index in [-0.39, 0.29) is 0 Å². The molecule has 3 heterocycles. The lowest BCUT2D eigenvalue weighted by molar-refractivity contribution is -0.171. The van der Waals surface area contributed by atoms with Crippen LogP contribution in [0.25, 0.3) is 0 Å². The average Bonchev–Trinajstić information content (AvgIpc) is 3.38. The molecule has 2 aliphatic carbocycles. The van der Waals surface area contributed by atoms with Gasteiger partial charge in [0.15, 0.2) is 5.96 Å². The maximum Gasteiger partial charge on any atom is 0.191 e. The molecular formula is C21H32N4OS. The zero-order valence-electron chi connectivity index (χ0n) is 16.3. The van der Waals surface area contributed by atoms with Gasteiger partial charge in [-0.2, -0.15) is 0 Å². The molecule has 6 heteroatoms. The van der Waals surface area contributed by atoms with Crippen LogP contribution < -0.4 is 10.6 Å². The number of hydrogen-bond donors (Lipinski definition) is 2. The molecule has 4 unspecified atom stereocenters. The smallest absolute Gasteiger partial charge is 0.191 e. The molecule has 148 valence electrons. The summed E-state index contributed by atoms with van der Waals surface area (Å²) in [7, 11) is 1.90. The van der Waals surface area contributed by atoms with E-state index in [9.17, 15) is 0 Å². The van der Waals surface area contributed by atoms with Gasteiger partial charge in [0.1, 0.15) is 0 Å². The van der Waals surface area contributed by atoms with Crippen LogP contribution in [0.15, 0.2) is 22.5 Å². The number of nitrogens with one attached hydrogen (secondary N) is 2. The Hall–Kier alpha value is -1.11. The largest absolute Gasteiger partial charge is 0.377 e. The second-order valence-corrected chi connectivity index (χ2v) is 9.66. The minimum absolute atomic E-state index is 0.390. The van der Waals surface area contributed by atoms with E-state index in [0.717, 1.165) is 19.1 Å². The van der Waals surface area contributed by atoms with Gasteiger partial charge in [0.05, 0.1) is 12.1 Å². The lowest BCUT2D eigenvalue weighted by Gasteiger charge is -2.63.